The van der Waals surface area contributed by atoms with Crippen LogP contribution in [0.3, 0.4) is 0 Å². The summed E-state index contributed by atoms with van der Waals surface area (Å²) in [6.07, 6.45) is 0.472. The van der Waals surface area contributed by atoms with Crippen molar-refractivity contribution in [2.45, 2.75) is 6.42 Å². The molecule has 0 unspecified atom stereocenters. The number of hydrogen-bond donors (Lipinski definition) is 2. The lowest BCUT2D eigenvalue weighted by molar-refractivity contribution is 0.474. The van der Waals surface area contributed by atoms with E-state index in [4.69, 9.17) is 11.6 Å². The largest absolute Gasteiger partial charge is 0.508 e. The quantitative estimate of drug-likeness (QED) is 0.563. The first-order valence-electron chi connectivity index (χ1n) is 7.30. The summed E-state index contributed by atoms with van der Waals surface area (Å²) in [7, 11) is 0. The number of anilines is 2. The van der Waals surface area contributed by atoms with Crippen LogP contribution in [0.5, 0.6) is 5.75 Å². The fraction of sp³-hybridized carbons (Fsp3) is 0.0625. The number of fused-ring (bicyclic) bond motifs is 1. The smallest absolute Gasteiger partial charge is 0.236 e. The Kier molecular flexibility index (Phi) is 3.98. The SMILES string of the molecule is Oc1cccc(Cc2nnc3sc(Nc4cccc(F)c4Cl)nn23)c1. The van der Waals surface area contributed by atoms with E-state index in [0.29, 0.717) is 28.0 Å². The number of aromatic hydroxyl groups is 1. The summed E-state index contributed by atoms with van der Waals surface area (Å²) in [6, 6.07) is 11.5. The van der Waals surface area contributed by atoms with Gasteiger partial charge in [-0.1, -0.05) is 41.1 Å². The molecular formula is C16H11ClFN5OS. The molecule has 0 saturated heterocycles. The van der Waals surface area contributed by atoms with Crippen molar-refractivity contribution in [3.05, 3.63) is 64.7 Å². The first-order valence-corrected chi connectivity index (χ1v) is 8.49. The molecular weight excluding hydrogens is 365 g/mol. The number of phenols is 1. The Morgan fingerprint density at radius 1 is 1.20 bits per heavy atom. The van der Waals surface area contributed by atoms with Gasteiger partial charge in [-0.25, -0.2) is 4.39 Å². The van der Waals surface area contributed by atoms with Gasteiger partial charge in [0.05, 0.1) is 10.7 Å². The Morgan fingerprint density at radius 3 is 2.88 bits per heavy atom. The van der Waals surface area contributed by atoms with E-state index in [1.165, 1.54) is 17.4 Å². The second kappa shape index (κ2) is 6.30. The summed E-state index contributed by atoms with van der Waals surface area (Å²) >= 11 is 7.23. The van der Waals surface area contributed by atoms with Gasteiger partial charge in [-0.05, 0) is 29.8 Å². The number of benzene rings is 2. The molecule has 0 aliphatic rings. The minimum Gasteiger partial charge on any atom is -0.508 e. The van der Waals surface area contributed by atoms with Crippen molar-refractivity contribution in [2.75, 3.05) is 5.32 Å². The molecule has 6 nitrogen and oxygen atoms in total. The minimum atomic E-state index is -0.501. The molecule has 126 valence electrons. The summed E-state index contributed by atoms with van der Waals surface area (Å²) in [5.41, 5.74) is 1.33. The van der Waals surface area contributed by atoms with Gasteiger partial charge in [0, 0.05) is 6.42 Å². The molecule has 0 bridgehead atoms. The topological polar surface area (TPSA) is 75.3 Å². The molecule has 0 fully saturated rings. The van der Waals surface area contributed by atoms with Crippen molar-refractivity contribution >= 4 is 38.7 Å². The Labute approximate surface area is 150 Å². The van der Waals surface area contributed by atoms with Crippen LogP contribution < -0.4 is 5.32 Å². The number of rotatable bonds is 4. The van der Waals surface area contributed by atoms with Gasteiger partial charge in [-0.2, -0.15) is 4.52 Å². The summed E-state index contributed by atoms with van der Waals surface area (Å²) in [6.45, 7) is 0. The second-order valence-corrected chi connectivity index (χ2v) is 6.62. The van der Waals surface area contributed by atoms with Crippen LogP contribution >= 0.6 is 22.9 Å². The summed E-state index contributed by atoms with van der Waals surface area (Å²) < 4.78 is 15.1. The zero-order chi connectivity index (χ0) is 17.4. The number of hydrogen-bond acceptors (Lipinski definition) is 6. The van der Waals surface area contributed by atoms with Crippen LogP contribution in [-0.4, -0.2) is 24.9 Å². The lowest BCUT2D eigenvalue weighted by Gasteiger charge is -2.04. The van der Waals surface area contributed by atoms with E-state index in [1.54, 1.807) is 34.8 Å². The molecule has 9 heteroatoms. The van der Waals surface area contributed by atoms with Crippen LogP contribution in [0.4, 0.5) is 15.2 Å². The molecule has 0 spiro atoms. The molecule has 0 radical (unpaired) electrons. The summed E-state index contributed by atoms with van der Waals surface area (Å²) in [5, 5.41) is 25.7. The molecule has 0 saturated carbocycles. The summed E-state index contributed by atoms with van der Waals surface area (Å²) in [4.78, 5) is 0.602. The van der Waals surface area contributed by atoms with Gasteiger partial charge >= 0.3 is 0 Å². The van der Waals surface area contributed by atoms with Crippen molar-refractivity contribution in [3.8, 4) is 5.75 Å². The monoisotopic (exact) mass is 375 g/mol. The Bertz CT molecular complexity index is 1060. The Hall–Kier alpha value is -2.71. The van der Waals surface area contributed by atoms with Crippen LogP contribution in [0.25, 0.3) is 4.96 Å². The van der Waals surface area contributed by atoms with Gasteiger partial charge < -0.3 is 10.4 Å². The lowest BCUT2D eigenvalue weighted by atomic mass is 10.1. The standard InChI is InChI=1S/C16H11ClFN5OS/c17-14-11(18)5-2-6-12(14)19-15-22-23-13(20-21-16(23)25-15)8-9-3-1-4-10(24)7-9/h1-7,24H,8H2,(H,19,22). The van der Waals surface area contributed by atoms with Crippen LogP contribution in [0, 0.1) is 5.82 Å². The molecule has 2 aromatic heterocycles. The van der Waals surface area contributed by atoms with Crippen LogP contribution in [0.1, 0.15) is 11.4 Å². The van der Waals surface area contributed by atoms with Gasteiger partial charge in [-0.3, -0.25) is 0 Å². The van der Waals surface area contributed by atoms with Crippen molar-refractivity contribution < 1.29 is 9.50 Å². The zero-order valence-corrected chi connectivity index (χ0v) is 14.2. The highest BCUT2D eigenvalue weighted by atomic mass is 35.5. The number of aromatic nitrogens is 4. The highest BCUT2D eigenvalue weighted by Gasteiger charge is 2.14. The average Bonchev–Trinajstić information content (AvgIpc) is 3.13. The van der Waals surface area contributed by atoms with Crippen molar-refractivity contribution in [3.63, 3.8) is 0 Å². The van der Waals surface area contributed by atoms with E-state index in [1.807, 2.05) is 6.07 Å². The third-order valence-corrected chi connectivity index (χ3v) is 4.72. The molecule has 25 heavy (non-hydrogen) atoms. The molecule has 2 aromatic carbocycles. The highest BCUT2D eigenvalue weighted by molar-refractivity contribution is 7.20. The van der Waals surface area contributed by atoms with Crippen LogP contribution in [0.2, 0.25) is 5.02 Å². The Morgan fingerprint density at radius 2 is 2.04 bits per heavy atom. The predicted molar refractivity (Wildman–Crippen MR) is 94.3 cm³/mol. The van der Waals surface area contributed by atoms with E-state index in [0.717, 1.165) is 5.56 Å². The maximum absolute atomic E-state index is 13.5. The zero-order valence-electron chi connectivity index (χ0n) is 12.6. The van der Waals surface area contributed by atoms with Gasteiger partial charge in [0.25, 0.3) is 0 Å². The first kappa shape index (κ1) is 15.8. The molecule has 2 heterocycles. The molecule has 2 N–H and O–H groups in total. The lowest BCUT2D eigenvalue weighted by Crippen LogP contribution is -1.99. The maximum atomic E-state index is 13.5. The highest BCUT2D eigenvalue weighted by Crippen LogP contribution is 2.30. The molecule has 0 amide bonds. The third kappa shape index (κ3) is 3.13. The van der Waals surface area contributed by atoms with Gasteiger partial charge in [0.1, 0.15) is 11.6 Å². The summed E-state index contributed by atoms with van der Waals surface area (Å²) in [5.74, 6) is 0.328. The number of nitrogens with zero attached hydrogens (tertiary/aromatic N) is 4. The van der Waals surface area contributed by atoms with E-state index < -0.39 is 5.82 Å². The second-order valence-electron chi connectivity index (χ2n) is 5.29. The van der Waals surface area contributed by atoms with E-state index >= 15 is 0 Å². The van der Waals surface area contributed by atoms with Gasteiger partial charge in [0.2, 0.25) is 10.1 Å². The number of nitrogens with one attached hydrogen (secondary N) is 1. The minimum absolute atomic E-state index is 0.00782. The third-order valence-electron chi connectivity index (χ3n) is 3.52. The fourth-order valence-electron chi connectivity index (χ4n) is 2.38. The van der Waals surface area contributed by atoms with Crippen molar-refractivity contribution in [2.24, 2.45) is 0 Å². The number of halogens is 2. The maximum Gasteiger partial charge on any atom is 0.236 e. The van der Waals surface area contributed by atoms with Gasteiger partial charge in [-0.15, -0.1) is 15.3 Å². The van der Waals surface area contributed by atoms with Crippen molar-refractivity contribution in [1.82, 2.24) is 19.8 Å². The first-order chi connectivity index (χ1) is 12.1. The van der Waals surface area contributed by atoms with Crippen LogP contribution in [0.15, 0.2) is 42.5 Å². The van der Waals surface area contributed by atoms with E-state index in [-0.39, 0.29) is 10.8 Å². The average molecular weight is 376 g/mol. The van der Waals surface area contributed by atoms with E-state index in [2.05, 4.69) is 20.6 Å². The Balaban J connectivity index is 1.63. The molecule has 0 atom stereocenters. The van der Waals surface area contributed by atoms with Gasteiger partial charge in [0.15, 0.2) is 5.82 Å². The molecule has 0 aliphatic heterocycles. The predicted octanol–water partition coefficient (Wildman–Crippen LogP) is 4.02. The van der Waals surface area contributed by atoms with Crippen LogP contribution in [-0.2, 0) is 6.42 Å². The molecule has 4 aromatic rings. The molecule has 4 rings (SSSR count). The number of phenolic OH excluding ortho intramolecular Hbond substituents is 1. The fourth-order valence-corrected chi connectivity index (χ4v) is 3.33. The van der Waals surface area contributed by atoms with Crippen molar-refractivity contribution in [1.29, 1.82) is 0 Å². The normalized spacial score (nSPS) is 11.1. The molecule has 0 aliphatic carbocycles. The van der Waals surface area contributed by atoms with E-state index in [9.17, 15) is 9.50 Å².